The van der Waals surface area contributed by atoms with E-state index in [2.05, 4.69) is 12.1 Å². The lowest BCUT2D eigenvalue weighted by Crippen LogP contribution is -2.04. The third-order valence-corrected chi connectivity index (χ3v) is 7.85. The lowest BCUT2D eigenvalue weighted by atomic mass is 10.1. The number of fused-ring (bicyclic) bond motifs is 6. The third-order valence-electron chi connectivity index (χ3n) is 7.85. The normalized spacial score (nSPS) is 11.4. The SMILES string of the molecule is N#Cc1cc(-n2c3ccccc3c3c(O)c(O)c(O)c(O)c32)c(C#N)cc1-n1c2ccccc2c2c(O)c(O)c(O)c(O)c21. The number of rotatable bonds is 2. The molecule has 0 radical (unpaired) electrons. The van der Waals surface area contributed by atoms with E-state index in [-0.39, 0.29) is 44.3 Å². The Balaban J connectivity index is 1.66. The Labute approximate surface area is 245 Å². The first-order chi connectivity index (χ1) is 21.1. The molecule has 0 aliphatic carbocycles. The van der Waals surface area contributed by atoms with E-state index >= 15 is 0 Å². The minimum Gasteiger partial charge on any atom is -0.504 e. The summed E-state index contributed by atoms with van der Waals surface area (Å²) in [7, 11) is 0. The molecule has 8 N–H and O–H groups in total. The van der Waals surface area contributed by atoms with Crippen molar-refractivity contribution in [1.82, 2.24) is 9.13 Å². The summed E-state index contributed by atoms with van der Waals surface area (Å²) in [5, 5.41) is 106. The predicted molar refractivity (Wildman–Crippen MR) is 158 cm³/mol. The minimum atomic E-state index is -0.988. The smallest absolute Gasteiger partial charge is 0.206 e. The van der Waals surface area contributed by atoms with Gasteiger partial charge >= 0.3 is 0 Å². The van der Waals surface area contributed by atoms with Crippen LogP contribution >= 0.6 is 0 Å². The Morgan fingerprint density at radius 1 is 0.455 bits per heavy atom. The van der Waals surface area contributed by atoms with Gasteiger partial charge < -0.3 is 50.0 Å². The van der Waals surface area contributed by atoms with E-state index in [9.17, 15) is 51.4 Å². The van der Waals surface area contributed by atoms with Crippen LogP contribution in [0.4, 0.5) is 0 Å². The number of hydrogen-bond acceptors (Lipinski definition) is 10. The molecule has 0 unspecified atom stereocenters. The van der Waals surface area contributed by atoms with E-state index < -0.39 is 46.0 Å². The fraction of sp³-hybridized carbons (Fsp3) is 0. The van der Waals surface area contributed by atoms with E-state index in [1.165, 1.54) is 21.3 Å². The zero-order valence-corrected chi connectivity index (χ0v) is 22.1. The number of hydrogen-bond donors (Lipinski definition) is 8. The molecule has 0 aliphatic heterocycles. The predicted octanol–water partition coefficient (Wildman–Crippen LogP) is 5.27. The molecule has 0 atom stereocenters. The van der Waals surface area contributed by atoms with Crippen molar-refractivity contribution in [2.45, 2.75) is 0 Å². The maximum atomic E-state index is 11.0. The number of nitrogens with zero attached hydrogens (tertiary/aromatic N) is 4. The quantitative estimate of drug-likeness (QED) is 0.0968. The molecular formula is C32H18N4O8. The topological polar surface area (TPSA) is 219 Å². The van der Waals surface area contributed by atoms with Gasteiger partial charge in [0.2, 0.25) is 23.0 Å². The molecule has 0 amide bonds. The molecule has 7 rings (SSSR count). The van der Waals surface area contributed by atoms with Gasteiger partial charge in [-0.3, -0.25) is 0 Å². The Morgan fingerprint density at radius 3 is 1.16 bits per heavy atom. The highest BCUT2D eigenvalue weighted by molar-refractivity contribution is 6.17. The van der Waals surface area contributed by atoms with Crippen LogP contribution in [-0.2, 0) is 0 Å². The maximum Gasteiger partial charge on any atom is 0.206 e. The second kappa shape index (κ2) is 8.79. The largest absolute Gasteiger partial charge is 0.504 e. The molecule has 0 saturated heterocycles. The van der Waals surface area contributed by atoms with Gasteiger partial charge in [-0.15, -0.1) is 0 Å². The molecule has 0 fully saturated rings. The molecule has 2 heterocycles. The summed E-state index contributed by atoms with van der Waals surface area (Å²) in [6.45, 7) is 0. The number of aromatic nitrogens is 2. The van der Waals surface area contributed by atoms with Crippen molar-refractivity contribution in [3.8, 4) is 69.5 Å². The Bertz CT molecular complexity index is 2340. The molecule has 44 heavy (non-hydrogen) atoms. The molecule has 7 aromatic rings. The highest BCUT2D eigenvalue weighted by Crippen LogP contribution is 2.54. The van der Waals surface area contributed by atoms with Gasteiger partial charge in [-0.1, -0.05) is 36.4 Å². The summed E-state index contributed by atoms with van der Waals surface area (Å²) < 4.78 is 2.72. The van der Waals surface area contributed by atoms with Crippen LogP contribution in [0.25, 0.3) is 55.0 Å². The van der Waals surface area contributed by atoms with Crippen molar-refractivity contribution in [2.75, 3.05) is 0 Å². The van der Waals surface area contributed by atoms with Crippen LogP contribution in [0.3, 0.4) is 0 Å². The first-order valence-electron chi connectivity index (χ1n) is 12.9. The van der Waals surface area contributed by atoms with E-state index in [0.29, 0.717) is 21.8 Å². The molecule has 214 valence electrons. The zero-order valence-electron chi connectivity index (χ0n) is 22.1. The highest BCUT2D eigenvalue weighted by Gasteiger charge is 2.29. The number of benzene rings is 5. The Kier molecular flexibility index (Phi) is 5.19. The van der Waals surface area contributed by atoms with Crippen LogP contribution < -0.4 is 0 Å². The van der Waals surface area contributed by atoms with Gasteiger partial charge in [0, 0.05) is 10.8 Å². The van der Waals surface area contributed by atoms with Crippen LogP contribution in [0.5, 0.6) is 46.0 Å². The summed E-state index contributed by atoms with van der Waals surface area (Å²) in [6.07, 6.45) is 0. The molecule has 5 aromatic carbocycles. The first-order valence-corrected chi connectivity index (χ1v) is 12.9. The van der Waals surface area contributed by atoms with Crippen molar-refractivity contribution in [1.29, 1.82) is 10.5 Å². The van der Waals surface area contributed by atoms with Gasteiger partial charge in [-0.25, -0.2) is 0 Å². The summed E-state index contributed by atoms with van der Waals surface area (Å²) in [4.78, 5) is 0. The number of phenols is 8. The first kappa shape index (κ1) is 26.0. The molecule has 12 nitrogen and oxygen atoms in total. The van der Waals surface area contributed by atoms with Crippen LogP contribution in [0.15, 0.2) is 60.7 Å². The monoisotopic (exact) mass is 586 g/mol. The van der Waals surface area contributed by atoms with Crippen LogP contribution in [0.1, 0.15) is 11.1 Å². The summed E-state index contributed by atoms with van der Waals surface area (Å²) in [6, 6.07) is 19.9. The summed E-state index contributed by atoms with van der Waals surface area (Å²) >= 11 is 0. The number of aromatic hydroxyl groups is 8. The lowest BCUT2D eigenvalue weighted by Gasteiger charge is -2.16. The Morgan fingerprint density at radius 2 is 0.795 bits per heavy atom. The van der Waals surface area contributed by atoms with Gasteiger partial charge in [0.1, 0.15) is 23.2 Å². The second-order valence-electron chi connectivity index (χ2n) is 10.1. The third kappa shape index (κ3) is 3.08. The molecule has 12 heteroatoms. The van der Waals surface area contributed by atoms with Crippen LogP contribution in [0, 0.1) is 22.7 Å². The summed E-state index contributed by atoms with van der Waals surface area (Å²) in [5.41, 5.74) is 0.409. The van der Waals surface area contributed by atoms with Crippen molar-refractivity contribution in [3.63, 3.8) is 0 Å². The van der Waals surface area contributed by atoms with E-state index in [1.54, 1.807) is 48.5 Å². The maximum absolute atomic E-state index is 11.0. The number of nitriles is 2. The van der Waals surface area contributed by atoms with Crippen molar-refractivity contribution < 1.29 is 40.9 Å². The fourth-order valence-corrected chi connectivity index (χ4v) is 5.94. The van der Waals surface area contributed by atoms with Crippen molar-refractivity contribution in [3.05, 3.63) is 71.8 Å². The lowest BCUT2D eigenvalue weighted by molar-refractivity contribution is 0.350. The second-order valence-corrected chi connectivity index (χ2v) is 10.1. The van der Waals surface area contributed by atoms with Crippen molar-refractivity contribution >= 4 is 43.6 Å². The molecule has 0 saturated carbocycles. The van der Waals surface area contributed by atoms with E-state index in [1.807, 2.05) is 0 Å². The molecule has 0 bridgehead atoms. The molecule has 0 spiro atoms. The average molecular weight is 587 g/mol. The van der Waals surface area contributed by atoms with Gasteiger partial charge in [0.25, 0.3) is 0 Å². The molecular weight excluding hydrogens is 568 g/mol. The number of para-hydroxylation sites is 2. The van der Waals surface area contributed by atoms with Crippen LogP contribution in [0.2, 0.25) is 0 Å². The standard InChI is InChI=1S/C32H18N4O8/c33-11-13-10-20(36-18-8-4-2-6-16(18)22-24(36)28(40)32(44)30(42)26(22)38)14(12-34)9-19(13)35-17-7-3-1-5-15(17)21-23(35)27(39)31(43)29(41)25(21)37/h1-10,37-44H. The van der Waals surface area contributed by atoms with Gasteiger partial charge in [0.05, 0.1) is 44.3 Å². The fourth-order valence-electron chi connectivity index (χ4n) is 5.94. The molecule has 2 aromatic heterocycles. The average Bonchev–Trinajstić information content (AvgIpc) is 3.57. The molecule has 0 aliphatic rings. The van der Waals surface area contributed by atoms with Gasteiger partial charge in [-0.2, -0.15) is 10.5 Å². The van der Waals surface area contributed by atoms with E-state index in [0.717, 1.165) is 0 Å². The number of phenolic OH excluding ortho intramolecular Hbond substituents is 8. The zero-order chi connectivity index (χ0) is 31.2. The minimum absolute atomic E-state index is 0.0158. The van der Waals surface area contributed by atoms with Crippen LogP contribution in [-0.4, -0.2) is 50.0 Å². The van der Waals surface area contributed by atoms with Gasteiger partial charge in [-0.05, 0) is 24.3 Å². The van der Waals surface area contributed by atoms with E-state index in [4.69, 9.17) is 0 Å². The van der Waals surface area contributed by atoms with Crippen molar-refractivity contribution in [2.24, 2.45) is 0 Å². The van der Waals surface area contributed by atoms with Gasteiger partial charge in [0.15, 0.2) is 23.0 Å². The summed E-state index contributed by atoms with van der Waals surface area (Å²) in [5.74, 6) is -6.82. The highest BCUT2D eigenvalue weighted by atomic mass is 16.4. The Hall–Kier alpha value is -6.92.